The summed E-state index contributed by atoms with van der Waals surface area (Å²) in [7, 11) is 0. The number of hydrogen-bond acceptors (Lipinski definition) is 1. The molecule has 0 saturated heterocycles. The molecule has 15 aromatic rings. The summed E-state index contributed by atoms with van der Waals surface area (Å²) < 4.78 is 9.68. The zero-order valence-electron chi connectivity index (χ0n) is 41.5. The lowest BCUT2D eigenvalue weighted by atomic mass is 9.85. The quantitative estimate of drug-likeness (QED) is 0.139. The number of aromatic nitrogens is 1. The molecule has 2 aromatic heterocycles. The normalized spacial score (nSPS) is 11.7. The van der Waals surface area contributed by atoms with Crippen LogP contribution in [0.25, 0.3) is 149 Å². The van der Waals surface area contributed by atoms with Gasteiger partial charge in [0.05, 0.1) is 11.0 Å². The largest absolute Gasteiger partial charge is 0.455 e. The van der Waals surface area contributed by atoms with Crippen LogP contribution in [-0.2, 0) is 0 Å². The third-order valence-electron chi connectivity index (χ3n) is 15.6. The van der Waals surface area contributed by atoms with Crippen LogP contribution in [0, 0.1) is 0 Å². The highest BCUT2D eigenvalue weighted by atomic mass is 16.3. The second-order valence-electron chi connectivity index (χ2n) is 19.9. The molecular formula is C74H47NO. The average Bonchev–Trinajstić information content (AvgIpc) is 4.05. The number of nitrogens with zero attached hydrogens (tertiary/aromatic N) is 1. The highest BCUT2D eigenvalue weighted by Crippen LogP contribution is 2.47. The van der Waals surface area contributed by atoms with Gasteiger partial charge in [-0.15, -0.1) is 0 Å². The Morgan fingerprint density at radius 1 is 0.211 bits per heavy atom. The Morgan fingerprint density at radius 2 is 0.592 bits per heavy atom. The topological polar surface area (TPSA) is 18.1 Å². The molecule has 0 radical (unpaired) electrons. The van der Waals surface area contributed by atoms with E-state index in [1.807, 2.05) is 0 Å². The Balaban J connectivity index is 0.910. The lowest BCUT2D eigenvalue weighted by molar-refractivity contribution is 0.671. The van der Waals surface area contributed by atoms with Crippen molar-refractivity contribution in [2.75, 3.05) is 0 Å². The summed E-state index contributed by atoms with van der Waals surface area (Å²) in [5, 5.41) is 9.59. The van der Waals surface area contributed by atoms with Gasteiger partial charge in [0.15, 0.2) is 0 Å². The number of rotatable bonds is 8. The molecular weight excluding hydrogens is 919 g/mol. The van der Waals surface area contributed by atoms with Gasteiger partial charge >= 0.3 is 0 Å². The van der Waals surface area contributed by atoms with Crippen molar-refractivity contribution in [3.8, 4) is 83.6 Å². The van der Waals surface area contributed by atoms with Crippen molar-refractivity contribution >= 4 is 65.3 Å². The van der Waals surface area contributed by atoms with Gasteiger partial charge in [0, 0.05) is 38.4 Å². The molecule has 2 nitrogen and oxygen atoms in total. The zero-order valence-corrected chi connectivity index (χ0v) is 41.5. The molecule has 354 valence electrons. The van der Waals surface area contributed by atoms with Crippen molar-refractivity contribution in [2.45, 2.75) is 0 Å². The Bertz CT molecular complexity index is 4690. The maximum Gasteiger partial charge on any atom is 0.143 e. The van der Waals surface area contributed by atoms with Gasteiger partial charge in [0.2, 0.25) is 0 Å². The lowest BCUT2D eigenvalue weighted by Crippen LogP contribution is -1.94. The van der Waals surface area contributed by atoms with Gasteiger partial charge in [0.1, 0.15) is 11.2 Å². The molecule has 0 spiro atoms. The highest BCUT2D eigenvalue weighted by Gasteiger charge is 2.22. The minimum Gasteiger partial charge on any atom is -0.455 e. The van der Waals surface area contributed by atoms with Crippen LogP contribution in [-0.4, -0.2) is 4.57 Å². The molecule has 0 bridgehead atoms. The number of fused-ring (bicyclic) bond motifs is 8. The monoisotopic (exact) mass is 965 g/mol. The van der Waals surface area contributed by atoms with Crippen molar-refractivity contribution < 1.29 is 4.42 Å². The van der Waals surface area contributed by atoms with Crippen LogP contribution in [0.2, 0.25) is 0 Å². The maximum atomic E-state index is 7.25. The van der Waals surface area contributed by atoms with Crippen molar-refractivity contribution in [3.63, 3.8) is 0 Å². The van der Waals surface area contributed by atoms with Crippen LogP contribution in [0.4, 0.5) is 0 Å². The number of para-hydroxylation sites is 1. The highest BCUT2D eigenvalue weighted by molar-refractivity contribution is 6.22. The summed E-state index contributed by atoms with van der Waals surface area (Å²) in [5.74, 6) is 0. The lowest BCUT2D eigenvalue weighted by Gasteiger charge is -2.19. The zero-order chi connectivity index (χ0) is 50.1. The Kier molecular flexibility index (Phi) is 10.2. The minimum atomic E-state index is 0.873. The fourth-order valence-corrected chi connectivity index (χ4v) is 12.0. The molecule has 15 rings (SSSR count). The number of furan rings is 1. The Hall–Kier alpha value is -10.0. The van der Waals surface area contributed by atoms with Crippen LogP contribution in [0.15, 0.2) is 290 Å². The average molecular weight is 966 g/mol. The van der Waals surface area contributed by atoms with E-state index < -0.39 is 0 Å². The van der Waals surface area contributed by atoms with Crippen LogP contribution in [0.5, 0.6) is 0 Å². The van der Waals surface area contributed by atoms with Gasteiger partial charge in [-0.1, -0.05) is 231 Å². The Morgan fingerprint density at radius 3 is 1.16 bits per heavy atom. The van der Waals surface area contributed by atoms with E-state index in [4.69, 9.17) is 4.42 Å². The molecule has 2 heterocycles. The van der Waals surface area contributed by atoms with E-state index in [-0.39, 0.29) is 0 Å². The molecule has 0 aliphatic heterocycles. The predicted octanol–water partition coefficient (Wildman–Crippen LogP) is 20.7. The van der Waals surface area contributed by atoms with Crippen molar-refractivity contribution in [3.05, 3.63) is 285 Å². The van der Waals surface area contributed by atoms with E-state index in [0.29, 0.717) is 0 Å². The molecule has 0 aliphatic carbocycles. The molecule has 0 unspecified atom stereocenters. The first kappa shape index (κ1) is 43.6. The van der Waals surface area contributed by atoms with Gasteiger partial charge in [-0.25, -0.2) is 0 Å². The summed E-state index contributed by atoms with van der Waals surface area (Å²) >= 11 is 0. The first-order valence-electron chi connectivity index (χ1n) is 26.1. The molecule has 0 N–H and O–H groups in total. The van der Waals surface area contributed by atoms with E-state index >= 15 is 0 Å². The fraction of sp³-hybridized carbons (Fsp3) is 0. The third-order valence-corrected chi connectivity index (χ3v) is 15.6. The Labute approximate surface area is 440 Å². The van der Waals surface area contributed by atoms with E-state index in [0.717, 1.165) is 83.2 Å². The van der Waals surface area contributed by atoms with Crippen molar-refractivity contribution in [2.24, 2.45) is 0 Å². The van der Waals surface area contributed by atoms with Crippen molar-refractivity contribution in [1.82, 2.24) is 4.57 Å². The summed E-state index contributed by atoms with van der Waals surface area (Å²) in [6.45, 7) is 0. The van der Waals surface area contributed by atoms with Crippen LogP contribution in [0.1, 0.15) is 0 Å². The van der Waals surface area contributed by atoms with Gasteiger partial charge in [-0.2, -0.15) is 0 Å². The summed E-state index contributed by atoms with van der Waals surface area (Å²) in [6.07, 6.45) is 0. The summed E-state index contributed by atoms with van der Waals surface area (Å²) in [4.78, 5) is 0. The predicted molar refractivity (Wildman–Crippen MR) is 321 cm³/mol. The molecule has 13 aromatic carbocycles. The second-order valence-corrected chi connectivity index (χ2v) is 19.9. The van der Waals surface area contributed by atoms with Crippen LogP contribution >= 0.6 is 0 Å². The van der Waals surface area contributed by atoms with E-state index in [1.54, 1.807) is 0 Å². The minimum absolute atomic E-state index is 0.873. The van der Waals surface area contributed by atoms with Gasteiger partial charge < -0.3 is 8.98 Å². The molecule has 0 aliphatic rings. The molecule has 0 amide bonds. The number of benzene rings is 13. The molecule has 76 heavy (non-hydrogen) atoms. The van der Waals surface area contributed by atoms with Crippen LogP contribution < -0.4 is 0 Å². The molecule has 0 atom stereocenters. The summed E-state index contributed by atoms with van der Waals surface area (Å²) in [6, 6.07) is 104. The third kappa shape index (κ3) is 7.18. The molecule has 2 heteroatoms. The molecule has 0 fully saturated rings. The SMILES string of the molecule is c1ccc(-c2cc(-c3ccccc3)c3oc4c(-c5ccc6c7ccccc7n(-c7ccc(-c8ccc9c(-c%10ccccc%10)c%10ccccc%10c(-c%10ccccc%10)c9c8)cc7)c6c5)cc(-c5ccccc5)cc4c3c2)cc1. The summed E-state index contributed by atoms with van der Waals surface area (Å²) in [5.41, 5.74) is 21.4. The van der Waals surface area contributed by atoms with E-state index in [9.17, 15) is 0 Å². The first-order valence-corrected chi connectivity index (χ1v) is 26.1. The number of hydrogen-bond donors (Lipinski definition) is 0. The van der Waals surface area contributed by atoms with Gasteiger partial charge in [0.25, 0.3) is 0 Å². The smallest absolute Gasteiger partial charge is 0.143 e. The first-order chi connectivity index (χ1) is 37.7. The van der Waals surface area contributed by atoms with Gasteiger partial charge in [-0.05, 0) is 143 Å². The van der Waals surface area contributed by atoms with E-state index in [1.165, 1.54) is 65.7 Å². The maximum absolute atomic E-state index is 7.25. The second kappa shape index (κ2) is 17.9. The fourth-order valence-electron chi connectivity index (χ4n) is 12.0. The molecule has 0 saturated carbocycles. The standard InChI is InChI=1S/C74H47NO/c1-6-20-48(21-7-1)56-43-64(51-24-10-3-11-25-51)73-67(45-56)68-46-57(49-22-8-2-9-23-49)44-65(74(68)76-73)55-37-40-60-59-30-18-19-33-69(59)75(70(60)47-55)58-38-34-50(35-39-58)54-36-41-63-66(42-54)72(53-28-14-5-15-29-53)62-32-17-16-31-61(62)71(63)52-26-12-4-13-27-52/h1-47H. The van der Waals surface area contributed by atoms with Crippen LogP contribution in [0.3, 0.4) is 0 Å². The van der Waals surface area contributed by atoms with E-state index in [2.05, 4.69) is 290 Å². The van der Waals surface area contributed by atoms with Crippen molar-refractivity contribution in [1.29, 1.82) is 0 Å². The van der Waals surface area contributed by atoms with Gasteiger partial charge in [-0.3, -0.25) is 0 Å².